The van der Waals surface area contributed by atoms with E-state index in [9.17, 15) is 0 Å². The third kappa shape index (κ3) is 4.06. The highest BCUT2D eigenvalue weighted by molar-refractivity contribution is 5.87. The molecule has 0 aliphatic carbocycles. The number of rotatable bonds is 7. The van der Waals surface area contributed by atoms with Gasteiger partial charge < -0.3 is 20.3 Å². The summed E-state index contributed by atoms with van der Waals surface area (Å²) in [6, 6.07) is 13.6. The summed E-state index contributed by atoms with van der Waals surface area (Å²) in [5, 5.41) is 7.99. The number of ether oxygens (including phenoxy) is 1. The summed E-state index contributed by atoms with van der Waals surface area (Å²) in [5.41, 5.74) is 7.57. The number of nitrogen functional groups attached to an aromatic ring is 1. The van der Waals surface area contributed by atoms with Gasteiger partial charge in [-0.25, -0.2) is 0 Å². The lowest BCUT2D eigenvalue weighted by Crippen LogP contribution is -2.16. The third-order valence-electron chi connectivity index (χ3n) is 3.86. The minimum Gasteiger partial charge on any atom is -0.457 e. The summed E-state index contributed by atoms with van der Waals surface area (Å²) in [6.45, 7) is 6.38. The Bertz CT molecular complexity index is 794. The van der Waals surface area contributed by atoms with E-state index in [1.807, 2.05) is 24.3 Å². The quantitative estimate of drug-likeness (QED) is 0.632. The van der Waals surface area contributed by atoms with E-state index in [-0.39, 0.29) is 0 Å². The van der Waals surface area contributed by atoms with Crippen molar-refractivity contribution in [3.05, 3.63) is 48.0 Å². The zero-order valence-electron chi connectivity index (χ0n) is 14.1. The van der Waals surface area contributed by atoms with Gasteiger partial charge in [0.25, 0.3) is 0 Å². The fourth-order valence-corrected chi connectivity index (χ4v) is 2.44. The molecule has 0 bridgehead atoms. The smallest absolute Gasteiger partial charge is 0.174 e. The fraction of sp³-hybridized carbons (Fsp3) is 0.316. The molecular weight excluding hydrogens is 302 g/mol. The molecule has 2 aromatic carbocycles. The Morgan fingerprint density at radius 2 is 1.88 bits per heavy atom. The van der Waals surface area contributed by atoms with Crippen molar-refractivity contribution < 1.29 is 9.26 Å². The zero-order chi connectivity index (χ0) is 16.9. The molecular formula is C19H23N3O2. The predicted octanol–water partition coefficient (Wildman–Crippen LogP) is 4.34. The van der Waals surface area contributed by atoms with Gasteiger partial charge in [0.1, 0.15) is 11.5 Å². The number of nitrogens with zero attached hydrogens (tertiary/aromatic N) is 1. The SMILES string of the molecule is CC(C)CCNCc1ccc(Oc2ccc3c(N)noc3c2)cc1. The number of benzene rings is 2. The fourth-order valence-electron chi connectivity index (χ4n) is 2.44. The molecule has 1 heterocycles. The molecule has 0 amide bonds. The van der Waals surface area contributed by atoms with Gasteiger partial charge in [0.2, 0.25) is 0 Å². The predicted molar refractivity (Wildman–Crippen MR) is 96.1 cm³/mol. The third-order valence-corrected chi connectivity index (χ3v) is 3.86. The summed E-state index contributed by atoms with van der Waals surface area (Å²) >= 11 is 0. The average Bonchev–Trinajstić information content (AvgIpc) is 2.94. The molecule has 1 aromatic heterocycles. The van der Waals surface area contributed by atoms with Crippen LogP contribution < -0.4 is 15.8 Å². The second-order valence-corrected chi connectivity index (χ2v) is 6.33. The zero-order valence-corrected chi connectivity index (χ0v) is 14.1. The minimum absolute atomic E-state index is 0.394. The molecule has 24 heavy (non-hydrogen) atoms. The molecule has 0 saturated heterocycles. The minimum atomic E-state index is 0.394. The first kappa shape index (κ1) is 16.3. The van der Waals surface area contributed by atoms with E-state index < -0.39 is 0 Å². The Morgan fingerprint density at radius 1 is 1.12 bits per heavy atom. The molecule has 0 fully saturated rings. The van der Waals surface area contributed by atoms with E-state index in [1.54, 1.807) is 6.07 Å². The van der Waals surface area contributed by atoms with E-state index in [4.69, 9.17) is 15.0 Å². The van der Waals surface area contributed by atoms with Crippen molar-refractivity contribution in [1.82, 2.24) is 10.5 Å². The Labute approximate surface area is 141 Å². The molecule has 3 aromatic rings. The first-order valence-corrected chi connectivity index (χ1v) is 8.24. The van der Waals surface area contributed by atoms with E-state index in [2.05, 4.69) is 36.5 Å². The van der Waals surface area contributed by atoms with Crippen LogP contribution in [0.5, 0.6) is 11.5 Å². The van der Waals surface area contributed by atoms with Crippen molar-refractivity contribution in [3.63, 3.8) is 0 Å². The summed E-state index contributed by atoms with van der Waals surface area (Å²) < 4.78 is 11.0. The molecule has 3 rings (SSSR count). The second-order valence-electron chi connectivity index (χ2n) is 6.33. The Hall–Kier alpha value is -2.53. The van der Waals surface area contributed by atoms with E-state index >= 15 is 0 Å². The Balaban J connectivity index is 1.58. The first-order valence-electron chi connectivity index (χ1n) is 8.24. The van der Waals surface area contributed by atoms with Crippen molar-refractivity contribution in [2.24, 2.45) is 5.92 Å². The molecule has 0 atom stereocenters. The van der Waals surface area contributed by atoms with Gasteiger partial charge in [-0.05, 0) is 48.7 Å². The van der Waals surface area contributed by atoms with Gasteiger partial charge in [0, 0.05) is 12.6 Å². The van der Waals surface area contributed by atoms with Gasteiger partial charge in [-0.1, -0.05) is 31.1 Å². The molecule has 5 nitrogen and oxygen atoms in total. The summed E-state index contributed by atoms with van der Waals surface area (Å²) in [6.07, 6.45) is 1.19. The largest absolute Gasteiger partial charge is 0.457 e. The number of hydrogen-bond acceptors (Lipinski definition) is 5. The van der Waals surface area contributed by atoms with Crippen molar-refractivity contribution in [1.29, 1.82) is 0 Å². The van der Waals surface area contributed by atoms with Crippen molar-refractivity contribution in [2.45, 2.75) is 26.8 Å². The first-order chi connectivity index (χ1) is 11.6. The molecule has 0 aliphatic rings. The molecule has 3 N–H and O–H groups in total. The van der Waals surface area contributed by atoms with Crippen molar-refractivity contribution in [3.8, 4) is 11.5 Å². The second kappa shape index (κ2) is 7.36. The highest BCUT2D eigenvalue weighted by Crippen LogP contribution is 2.28. The molecule has 0 aliphatic heterocycles. The number of nitrogens with one attached hydrogen (secondary N) is 1. The van der Waals surface area contributed by atoms with Crippen LogP contribution in [-0.2, 0) is 6.54 Å². The number of hydrogen-bond donors (Lipinski definition) is 2. The van der Waals surface area contributed by atoms with Gasteiger partial charge in [0.15, 0.2) is 11.4 Å². The van der Waals surface area contributed by atoms with Crippen LogP contribution in [0, 0.1) is 5.92 Å². The normalized spacial score (nSPS) is 11.3. The van der Waals surface area contributed by atoms with Gasteiger partial charge >= 0.3 is 0 Å². The highest BCUT2D eigenvalue weighted by Gasteiger charge is 2.07. The van der Waals surface area contributed by atoms with Crippen LogP contribution >= 0.6 is 0 Å². The van der Waals surface area contributed by atoms with Crippen molar-refractivity contribution >= 4 is 16.8 Å². The lowest BCUT2D eigenvalue weighted by atomic mass is 10.1. The maximum Gasteiger partial charge on any atom is 0.174 e. The Morgan fingerprint density at radius 3 is 2.62 bits per heavy atom. The molecule has 0 saturated carbocycles. The van der Waals surface area contributed by atoms with Crippen LogP contribution in [0.4, 0.5) is 5.82 Å². The lowest BCUT2D eigenvalue weighted by molar-refractivity contribution is 0.454. The number of aromatic nitrogens is 1. The summed E-state index contributed by atoms with van der Waals surface area (Å²) in [7, 11) is 0. The molecule has 0 unspecified atom stereocenters. The van der Waals surface area contributed by atoms with Gasteiger partial charge in [-0.3, -0.25) is 0 Å². The maximum atomic E-state index is 5.86. The van der Waals surface area contributed by atoms with E-state index in [0.717, 1.165) is 30.1 Å². The number of nitrogens with two attached hydrogens (primary N) is 1. The number of anilines is 1. The van der Waals surface area contributed by atoms with Crippen LogP contribution in [0.15, 0.2) is 47.0 Å². The average molecular weight is 325 g/mol. The molecule has 0 radical (unpaired) electrons. The summed E-state index contributed by atoms with van der Waals surface area (Å²) in [5.74, 6) is 2.60. The van der Waals surface area contributed by atoms with Crippen LogP contribution in [-0.4, -0.2) is 11.7 Å². The Kier molecular flexibility index (Phi) is 5.01. The van der Waals surface area contributed by atoms with Gasteiger partial charge in [-0.15, -0.1) is 0 Å². The topological polar surface area (TPSA) is 73.3 Å². The highest BCUT2D eigenvalue weighted by atomic mass is 16.5. The van der Waals surface area contributed by atoms with Crippen molar-refractivity contribution in [2.75, 3.05) is 12.3 Å². The lowest BCUT2D eigenvalue weighted by Gasteiger charge is -2.09. The van der Waals surface area contributed by atoms with Crippen LogP contribution in [0.3, 0.4) is 0 Å². The maximum absolute atomic E-state index is 5.86. The molecule has 0 spiro atoms. The van der Waals surface area contributed by atoms with Crippen LogP contribution in [0.2, 0.25) is 0 Å². The molecule has 126 valence electrons. The molecule has 5 heteroatoms. The standard InChI is InChI=1S/C19H23N3O2/c1-13(2)9-10-21-12-14-3-5-15(6-4-14)23-16-7-8-17-18(11-16)24-22-19(17)20/h3-8,11,13,21H,9-10,12H2,1-2H3,(H2,20,22). The number of fused-ring (bicyclic) bond motifs is 1. The summed E-state index contributed by atoms with van der Waals surface area (Å²) in [4.78, 5) is 0. The van der Waals surface area contributed by atoms with E-state index in [0.29, 0.717) is 17.2 Å². The van der Waals surface area contributed by atoms with Crippen LogP contribution in [0.1, 0.15) is 25.8 Å². The van der Waals surface area contributed by atoms with E-state index in [1.165, 1.54) is 12.0 Å². The van der Waals surface area contributed by atoms with Gasteiger partial charge in [-0.2, -0.15) is 0 Å². The monoisotopic (exact) mass is 325 g/mol. The van der Waals surface area contributed by atoms with Crippen LogP contribution in [0.25, 0.3) is 11.0 Å². The van der Waals surface area contributed by atoms with Gasteiger partial charge in [0.05, 0.1) is 5.39 Å².